The summed E-state index contributed by atoms with van der Waals surface area (Å²) in [5.41, 5.74) is 1.06. The molecule has 0 amide bonds. The number of rotatable bonds is 9. The number of hydrogen-bond donors (Lipinski definition) is 2. The van der Waals surface area contributed by atoms with Gasteiger partial charge in [-0.1, -0.05) is 19.4 Å². The van der Waals surface area contributed by atoms with Gasteiger partial charge in [0.05, 0.1) is 21.3 Å². The largest absolute Gasteiger partial charge is 0.493 e. The van der Waals surface area contributed by atoms with Gasteiger partial charge < -0.3 is 24.8 Å². The van der Waals surface area contributed by atoms with Crippen LogP contribution >= 0.6 is 24.0 Å². The number of benzene rings is 1. The van der Waals surface area contributed by atoms with Crippen LogP contribution in [0.25, 0.3) is 0 Å². The molecule has 0 saturated heterocycles. The highest BCUT2D eigenvalue weighted by Crippen LogP contribution is 2.39. The van der Waals surface area contributed by atoms with E-state index in [4.69, 9.17) is 14.2 Å². The molecule has 6 nitrogen and oxygen atoms in total. The summed E-state index contributed by atoms with van der Waals surface area (Å²) in [5.74, 6) is 2.82. The van der Waals surface area contributed by atoms with Crippen molar-refractivity contribution in [2.75, 3.05) is 41.5 Å². The maximum absolute atomic E-state index is 5.49. The first-order valence-corrected chi connectivity index (χ1v) is 7.94. The summed E-state index contributed by atoms with van der Waals surface area (Å²) in [6.07, 6.45) is 3.08. The van der Waals surface area contributed by atoms with E-state index in [9.17, 15) is 0 Å². The Balaban J connectivity index is 0.00000529. The Morgan fingerprint density at radius 3 is 2.21 bits per heavy atom. The fourth-order valence-electron chi connectivity index (χ4n) is 2.28. The Kier molecular flexibility index (Phi) is 12.2. The maximum Gasteiger partial charge on any atom is 0.203 e. The molecule has 0 unspecified atom stereocenters. The minimum absolute atomic E-state index is 0. The highest BCUT2D eigenvalue weighted by atomic mass is 127. The van der Waals surface area contributed by atoms with Gasteiger partial charge in [0.15, 0.2) is 17.5 Å². The zero-order valence-electron chi connectivity index (χ0n) is 15.3. The third kappa shape index (κ3) is 6.62. The first-order chi connectivity index (χ1) is 11.2. The zero-order valence-corrected chi connectivity index (χ0v) is 17.6. The predicted octanol–water partition coefficient (Wildman–Crippen LogP) is 2.84. The number of methoxy groups -OCH3 is 3. The molecule has 0 aliphatic carbocycles. The Morgan fingerprint density at radius 1 is 1.00 bits per heavy atom. The van der Waals surface area contributed by atoms with Crippen LogP contribution in [0.1, 0.15) is 25.3 Å². The van der Waals surface area contributed by atoms with Crippen molar-refractivity contribution in [2.24, 2.45) is 4.99 Å². The van der Waals surface area contributed by atoms with E-state index in [-0.39, 0.29) is 24.0 Å². The predicted molar refractivity (Wildman–Crippen MR) is 109 cm³/mol. The van der Waals surface area contributed by atoms with Gasteiger partial charge in [-0.3, -0.25) is 4.99 Å². The number of ether oxygens (including phenoxy) is 3. The molecule has 0 fully saturated rings. The van der Waals surface area contributed by atoms with Crippen molar-refractivity contribution in [1.82, 2.24) is 10.6 Å². The van der Waals surface area contributed by atoms with Crippen molar-refractivity contribution >= 4 is 29.9 Å². The molecule has 0 radical (unpaired) electrons. The number of nitrogens with one attached hydrogen (secondary N) is 2. The van der Waals surface area contributed by atoms with E-state index in [2.05, 4.69) is 22.5 Å². The monoisotopic (exact) mass is 451 g/mol. The lowest BCUT2D eigenvalue weighted by molar-refractivity contribution is 0.322. The lowest BCUT2D eigenvalue weighted by Gasteiger charge is -2.16. The van der Waals surface area contributed by atoms with Gasteiger partial charge in [-0.25, -0.2) is 0 Å². The maximum atomic E-state index is 5.49. The number of halogens is 1. The van der Waals surface area contributed by atoms with E-state index in [0.29, 0.717) is 17.2 Å². The van der Waals surface area contributed by atoms with E-state index in [1.165, 1.54) is 0 Å². The number of nitrogens with zero attached hydrogens (tertiary/aromatic N) is 1. The average Bonchev–Trinajstić information content (AvgIpc) is 2.59. The molecule has 0 heterocycles. The lowest BCUT2D eigenvalue weighted by atomic mass is 10.1. The van der Waals surface area contributed by atoms with E-state index in [0.717, 1.165) is 43.9 Å². The van der Waals surface area contributed by atoms with Gasteiger partial charge in [0.25, 0.3) is 0 Å². The lowest BCUT2D eigenvalue weighted by Crippen LogP contribution is -2.38. The molecule has 0 bridgehead atoms. The van der Waals surface area contributed by atoms with Crippen LogP contribution in [0.3, 0.4) is 0 Å². The summed E-state index contributed by atoms with van der Waals surface area (Å²) in [7, 11) is 6.64. The quantitative estimate of drug-likeness (QED) is 0.262. The molecule has 0 aliphatic rings. The number of guanidine groups is 1. The fraction of sp³-hybridized carbons (Fsp3) is 0.588. The number of hydrogen-bond acceptors (Lipinski definition) is 4. The average molecular weight is 451 g/mol. The van der Waals surface area contributed by atoms with E-state index < -0.39 is 0 Å². The SMILES string of the molecule is CCCCNC(=NC)NCCc1ccc(OC)c(OC)c1OC.I. The summed E-state index contributed by atoms with van der Waals surface area (Å²) in [4.78, 5) is 4.21. The molecule has 24 heavy (non-hydrogen) atoms. The molecule has 1 rings (SSSR count). The zero-order chi connectivity index (χ0) is 17.1. The Bertz CT molecular complexity index is 510. The van der Waals surface area contributed by atoms with Crippen molar-refractivity contribution in [2.45, 2.75) is 26.2 Å². The number of unbranched alkanes of at least 4 members (excludes halogenated alkanes) is 1. The van der Waals surface area contributed by atoms with Gasteiger partial charge in [-0.05, 0) is 18.9 Å². The Labute approximate surface area is 162 Å². The summed E-state index contributed by atoms with van der Waals surface area (Å²) < 4.78 is 16.2. The molecule has 0 aliphatic heterocycles. The van der Waals surface area contributed by atoms with Crippen molar-refractivity contribution in [1.29, 1.82) is 0 Å². The smallest absolute Gasteiger partial charge is 0.203 e. The van der Waals surface area contributed by atoms with E-state index in [1.807, 2.05) is 12.1 Å². The summed E-state index contributed by atoms with van der Waals surface area (Å²) in [5, 5.41) is 6.59. The molecule has 138 valence electrons. The molecule has 0 atom stereocenters. The van der Waals surface area contributed by atoms with Crippen LogP contribution in [-0.2, 0) is 6.42 Å². The van der Waals surface area contributed by atoms with Crippen molar-refractivity contribution in [3.05, 3.63) is 17.7 Å². The molecule has 1 aromatic rings. The van der Waals surface area contributed by atoms with Crippen LogP contribution < -0.4 is 24.8 Å². The molecular weight excluding hydrogens is 421 g/mol. The molecule has 0 saturated carbocycles. The summed E-state index contributed by atoms with van der Waals surface area (Å²) >= 11 is 0. The minimum Gasteiger partial charge on any atom is -0.493 e. The van der Waals surface area contributed by atoms with Gasteiger partial charge in [-0.2, -0.15) is 0 Å². The Morgan fingerprint density at radius 2 is 1.67 bits per heavy atom. The second-order valence-electron chi connectivity index (χ2n) is 5.02. The molecule has 0 spiro atoms. The van der Waals surface area contributed by atoms with Gasteiger partial charge >= 0.3 is 0 Å². The first-order valence-electron chi connectivity index (χ1n) is 7.94. The second kappa shape index (κ2) is 13.0. The molecule has 2 N–H and O–H groups in total. The first kappa shape index (κ1) is 22.6. The van der Waals surface area contributed by atoms with Crippen LogP contribution in [0.2, 0.25) is 0 Å². The van der Waals surface area contributed by atoms with Crippen LogP contribution in [0.5, 0.6) is 17.2 Å². The standard InChI is InChI=1S/C17H29N3O3.HI/c1-6-7-11-19-17(18-2)20-12-10-13-8-9-14(21-3)16(23-5)15(13)22-4;/h8-9H,6-7,10-12H2,1-5H3,(H2,18,19,20);1H. The van der Waals surface area contributed by atoms with E-state index >= 15 is 0 Å². The van der Waals surface area contributed by atoms with E-state index in [1.54, 1.807) is 28.4 Å². The summed E-state index contributed by atoms with van der Waals surface area (Å²) in [6, 6.07) is 3.89. The molecular formula is C17H30IN3O3. The van der Waals surface area contributed by atoms with Gasteiger partial charge in [0.1, 0.15) is 0 Å². The fourth-order valence-corrected chi connectivity index (χ4v) is 2.28. The minimum atomic E-state index is 0. The number of aliphatic imine (C=N–C) groups is 1. The van der Waals surface area contributed by atoms with Gasteiger partial charge in [-0.15, -0.1) is 24.0 Å². The second-order valence-corrected chi connectivity index (χ2v) is 5.02. The molecule has 1 aromatic carbocycles. The third-order valence-corrected chi connectivity index (χ3v) is 3.52. The summed E-state index contributed by atoms with van der Waals surface area (Å²) in [6.45, 7) is 3.84. The van der Waals surface area contributed by atoms with Gasteiger partial charge in [0, 0.05) is 25.7 Å². The molecule has 7 heteroatoms. The van der Waals surface area contributed by atoms with Crippen LogP contribution in [0.4, 0.5) is 0 Å². The van der Waals surface area contributed by atoms with Crippen molar-refractivity contribution < 1.29 is 14.2 Å². The molecule has 0 aromatic heterocycles. The van der Waals surface area contributed by atoms with Crippen molar-refractivity contribution in [3.63, 3.8) is 0 Å². The third-order valence-electron chi connectivity index (χ3n) is 3.52. The van der Waals surface area contributed by atoms with Crippen LogP contribution in [-0.4, -0.2) is 47.4 Å². The highest BCUT2D eigenvalue weighted by molar-refractivity contribution is 14.0. The topological polar surface area (TPSA) is 64.1 Å². The van der Waals surface area contributed by atoms with Crippen LogP contribution in [0.15, 0.2) is 17.1 Å². The normalized spacial score (nSPS) is 10.6. The van der Waals surface area contributed by atoms with Crippen molar-refractivity contribution in [3.8, 4) is 17.2 Å². The van der Waals surface area contributed by atoms with Crippen LogP contribution in [0, 0.1) is 0 Å². The van der Waals surface area contributed by atoms with Gasteiger partial charge in [0.2, 0.25) is 5.75 Å². The highest BCUT2D eigenvalue weighted by Gasteiger charge is 2.15. The Hall–Kier alpha value is -1.38.